The summed E-state index contributed by atoms with van der Waals surface area (Å²) in [5.41, 5.74) is 2.08. The predicted octanol–water partition coefficient (Wildman–Crippen LogP) is 3.57. The van der Waals surface area contributed by atoms with Gasteiger partial charge in [0, 0.05) is 58.3 Å². The maximum Gasteiger partial charge on any atom is 0.244 e. The van der Waals surface area contributed by atoms with Crippen LogP contribution in [0, 0.1) is 0 Å². The second kappa shape index (κ2) is 10.3. The lowest BCUT2D eigenvalue weighted by Crippen LogP contribution is -2.44. The van der Waals surface area contributed by atoms with Gasteiger partial charge in [0.1, 0.15) is 10.7 Å². The van der Waals surface area contributed by atoms with E-state index in [-0.39, 0.29) is 40.1 Å². The third-order valence-electron chi connectivity index (χ3n) is 5.52. The van der Waals surface area contributed by atoms with E-state index in [9.17, 15) is 13.2 Å². The van der Waals surface area contributed by atoms with Crippen molar-refractivity contribution >= 4 is 44.7 Å². The Balaban J connectivity index is 1.54. The largest absolute Gasteiger partial charge is 0.369 e. The summed E-state index contributed by atoms with van der Waals surface area (Å²) >= 11 is 12.0. The Bertz CT molecular complexity index is 1020. The van der Waals surface area contributed by atoms with Gasteiger partial charge in [0.2, 0.25) is 10.0 Å². The summed E-state index contributed by atoms with van der Waals surface area (Å²) in [6.45, 7) is 4.13. The van der Waals surface area contributed by atoms with Crippen LogP contribution in [0.15, 0.2) is 47.4 Å². The Labute approximate surface area is 194 Å². The summed E-state index contributed by atoms with van der Waals surface area (Å²) in [5, 5.41) is 0.162. The van der Waals surface area contributed by atoms with Crippen molar-refractivity contribution in [1.29, 1.82) is 0 Å². The maximum atomic E-state index is 12.7. The van der Waals surface area contributed by atoms with E-state index in [1.165, 1.54) is 25.2 Å². The second-order valence-corrected chi connectivity index (χ2v) is 10.6. The molecule has 6 nitrogen and oxygen atoms in total. The van der Waals surface area contributed by atoms with Crippen LogP contribution in [0.3, 0.4) is 0 Å². The number of carbonyl (C=O) groups excluding carboxylic acids is 1. The number of piperazine rings is 1. The molecule has 0 aliphatic carbocycles. The van der Waals surface area contributed by atoms with Gasteiger partial charge in [-0.05, 0) is 36.9 Å². The number of rotatable bonds is 8. The average molecular weight is 484 g/mol. The molecule has 0 atom stereocenters. The van der Waals surface area contributed by atoms with Crippen LogP contribution in [0.25, 0.3) is 0 Å². The number of benzene rings is 2. The summed E-state index contributed by atoms with van der Waals surface area (Å²) in [6, 6.07) is 12.5. The van der Waals surface area contributed by atoms with Crippen LogP contribution in [-0.2, 0) is 21.2 Å². The lowest BCUT2D eigenvalue weighted by molar-refractivity contribution is -0.118. The van der Waals surface area contributed by atoms with Crippen LogP contribution in [0.5, 0.6) is 0 Å². The molecule has 1 heterocycles. The molecule has 1 aliphatic heterocycles. The molecule has 0 N–H and O–H groups in total. The number of anilines is 1. The van der Waals surface area contributed by atoms with Gasteiger partial charge in [-0.2, -0.15) is 0 Å². The lowest BCUT2D eigenvalue weighted by atomic mass is 10.1. The second-order valence-electron chi connectivity index (χ2n) is 7.80. The Kier molecular flexibility index (Phi) is 7.99. The van der Waals surface area contributed by atoms with Crippen LogP contribution in [0.4, 0.5) is 5.69 Å². The van der Waals surface area contributed by atoms with Gasteiger partial charge in [-0.3, -0.25) is 4.79 Å². The van der Waals surface area contributed by atoms with Crippen molar-refractivity contribution in [2.45, 2.75) is 17.7 Å². The zero-order chi connectivity index (χ0) is 22.6. The first kappa shape index (κ1) is 24.0. The molecule has 0 bridgehead atoms. The summed E-state index contributed by atoms with van der Waals surface area (Å²) in [7, 11) is -0.268. The molecule has 0 aromatic heterocycles. The smallest absolute Gasteiger partial charge is 0.244 e. The van der Waals surface area contributed by atoms with Crippen molar-refractivity contribution in [1.82, 2.24) is 9.21 Å². The van der Waals surface area contributed by atoms with Crippen molar-refractivity contribution < 1.29 is 13.2 Å². The van der Waals surface area contributed by atoms with Gasteiger partial charge in [-0.25, -0.2) is 12.7 Å². The van der Waals surface area contributed by atoms with E-state index in [1.54, 1.807) is 0 Å². The zero-order valence-corrected chi connectivity index (χ0v) is 20.1. The topological polar surface area (TPSA) is 60.9 Å². The molecule has 0 unspecified atom stereocenters. The van der Waals surface area contributed by atoms with Crippen molar-refractivity contribution in [3.63, 3.8) is 0 Å². The summed E-state index contributed by atoms with van der Waals surface area (Å²) < 4.78 is 26.6. The third kappa shape index (κ3) is 5.99. The number of ketones is 1. The Morgan fingerprint density at radius 2 is 1.68 bits per heavy atom. The van der Waals surface area contributed by atoms with E-state index < -0.39 is 10.0 Å². The van der Waals surface area contributed by atoms with Crippen LogP contribution in [-0.4, -0.2) is 70.2 Å². The van der Waals surface area contributed by atoms with Gasteiger partial charge in [0.25, 0.3) is 0 Å². The first-order valence-corrected chi connectivity index (χ1v) is 12.3. The molecule has 1 saturated heterocycles. The number of sulfonamides is 1. The van der Waals surface area contributed by atoms with Crippen molar-refractivity contribution in [2.24, 2.45) is 0 Å². The SMILES string of the molecule is CN1CCN(c2ccc(CC(=O)CCN(C)S(=O)(=O)c3cccc(Cl)c3Cl)cc2)CC1. The first-order chi connectivity index (χ1) is 14.7. The van der Waals surface area contributed by atoms with Crippen molar-refractivity contribution in [3.05, 3.63) is 58.1 Å². The third-order valence-corrected chi connectivity index (χ3v) is 8.35. The molecule has 9 heteroatoms. The van der Waals surface area contributed by atoms with Gasteiger partial charge < -0.3 is 9.80 Å². The predicted molar refractivity (Wildman–Crippen MR) is 126 cm³/mol. The fraction of sp³-hybridized carbons (Fsp3) is 0.409. The van der Waals surface area contributed by atoms with E-state index in [4.69, 9.17) is 23.2 Å². The van der Waals surface area contributed by atoms with E-state index in [2.05, 4.69) is 16.8 Å². The highest BCUT2D eigenvalue weighted by molar-refractivity contribution is 7.89. The maximum absolute atomic E-state index is 12.7. The van der Waals surface area contributed by atoms with Gasteiger partial charge in [-0.15, -0.1) is 0 Å². The van der Waals surface area contributed by atoms with Gasteiger partial charge in [-0.1, -0.05) is 41.4 Å². The Hall–Kier alpha value is -1.64. The highest BCUT2D eigenvalue weighted by Gasteiger charge is 2.25. The molecular formula is C22H27Cl2N3O3S. The van der Waals surface area contributed by atoms with Crippen LogP contribution >= 0.6 is 23.2 Å². The molecule has 2 aromatic rings. The molecule has 1 fully saturated rings. The van der Waals surface area contributed by atoms with Crippen LogP contribution < -0.4 is 4.90 Å². The lowest BCUT2D eigenvalue weighted by Gasteiger charge is -2.34. The molecule has 0 spiro atoms. The molecule has 2 aromatic carbocycles. The highest BCUT2D eigenvalue weighted by atomic mass is 35.5. The molecule has 0 radical (unpaired) electrons. The van der Waals surface area contributed by atoms with E-state index in [1.807, 2.05) is 24.3 Å². The minimum atomic E-state index is -3.83. The van der Waals surface area contributed by atoms with Crippen LogP contribution in [0.2, 0.25) is 10.0 Å². The van der Waals surface area contributed by atoms with Gasteiger partial charge in [0.15, 0.2) is 0 Å². The fourth-order valence-corrected chi connectivity index (χ4v) is 5.36. The monoisotopic (exact) mass is 483 g/mol. The summed E-state index contributed by atoms with van der Waals surface area (Å²) in [6.07, 6.45) is 0.392. The van der Waals surface area contributed by atoms with Gasteiger partial charge in [0.05, 0.1) is 10.0 Å². The van der Waals surface area contributed by atoms with E-state index in [0.717, 1.165) is 41.7 Å². The first-order valence-electron chi connectivity index (χ1n) is 10.1. The number of Topliss-reactive ketones (excluding diaryl/α,β-unsaturated/α-hetero) is 1. The molecule has 1 aliphatic rings. The molecular weight excluding hydrogens is 457 g/mol. The Morgan fingerprint density at radius 3 is 2.32 bits per heavy atom. The fourth-order valence-electron chi connectivity index (χ4n) is 3.46. The summed E-state index contributed by atoms with van der Waals surface area (Å²) in [5.74, 6) is -0.0217. The highest BCUT2D eigenvalue weighted by Crippen LogP contribution is 2.30. The van der Waals surface area contributed by atoms with Crippen molar-refractivity contribution in [2.75, 3.05) is 51.7 Å². The zero-order valence-electron chi connectivity index (χ0n) is 17.7. The number of hydrogen-bond acceptors (Lipinski definition) is 5. The Morgan fingerprint density at radius 1 is 1.03 bits per heavy atom. The van der Waals surface area contributed by atoms with Gasteiger partial charge >= 0.3 is 0 Å². The molecule has 168 valence electrons. The molecule has 0 amide bonds. The molecule has 31 heavy (non-hydrogen) atoms. The minimum absolute atomic E-state index is 0.0113. The van der Waals surface area contributed by atoms with E-state index >= 15 is 0 Å². The minimum Gasteiger partial charge on any atom is -0.369 e. The summed E-state index contributed by atoms with van der Waals surface area (Å²) in [4.78, 5) is 17.0. The number of carbonyl (C=O) groups is 1. The number of halogens is 2. The number of hydrogen-bond donors (Lipinski definition) is 0. The van der Waals surface area contributed by atoms with Crippen LogP contribution in [0.1, 0.15) is 12.0 Å². The normalized spacial score (nSPS) is 15.5. The average Bonchev–Trinajstić information content (AvgIpc) is 2.75. The number of likely N-dealkylation sites (N-methyl/N-ethyl adjacent to an activating group) is 1. The molecule has 0 saturated carbocycles. The van der Waals surface area contributed by atoms with E-state index in [0.29, 0.717) is 0 Å². The van der Waals surface area contributed by atoms with Crippen molar-refractivity contribution in [3.8, 4) is 0 Å². The quantitative estimate of drug-likeness (QED) is 0.574. The molecule has 3 rings (SSSR count). The standard InChI is InChI=1S/C22H27Cl2N3O3S/c1-25-12-14-27(15-13-25)18-8-6-17(7-9-18)16-19(28)10-11-26(2)31(29,30)21-5-3-4-20(23)22(21)24/h3-9H,10-16H2,1-2H3. The number of nitrogens with zero attached hydrogens (tertiary/aromatic N) is 3.